The van der Waals surface area contributed by atoms with Crippen LogP contribution in [0.4, 0.5) is 34.1 Å². The second-order valence-corrected chi connectivity index (χ2v) is 44.0. The maximum absolute atomic E-state index is 2.87. The standard InChI is InChI=1S/C120H124N2/c1-117(2,3)93-67-94(118(4,5)6)70-99(69-93)121(97-59-89(105-53-73-33-37-85(105)49-73)57-90(60-97)106-54-74-34-38-86(106)50-74)115-103-47-43-81(77-25-17-13-18-26-77)63-109(103)113(101-45-41-83(65-111(101)115)79-29-21-15-22-30-79)114-102-46-42-84(80-31-23-16-24-32-80)66-112(102)116(104-48-44-82(64-110(104)114)78-27-19-14-20-28-78)122(100-71-95(119(7,8)9)68-96(72-100)120(10,11)12)98-61-91(107-55-75-35-39-87(107)51-75)58-92(62-98)108-56-76-36-40-88(108)52-76/h13-32,41-48,57-76,85-88,105-108H,33-40,49-56H2,1-12H3. The van der Waals surface area contributed by atoms with E-state index in [9.17, 15) is 0 Å². The van der Waals surface area contributed by atoms with Crippen molar-refractivity contribution in [1.29, 1.82) is 0 Å². The number of nitrogens with zero attached hydrogens (tertiary/aromatic N) is 2. The van der Waals surface area contributed by atoms with Crippen molar-refractivity contribution >= 4 is 77.2 Å². The molecule has 0 spiro atoms. The zero-order chi connectivity index (χ0) is 83.0. The monoisotopic (exact) mass is 1590 g/mol. The molecule has 12 atom stereocenters. The van der Waals surface area contributed by atoms with Gasteiger partial charge in [0.1, 0.15) is 0 Å². The van der Waals surface area contributed by atoms with E-state index in [2.05, 4.69) is 360 Å². The van der Waals surface area contributed by atoms with Crippen molar-refractivity contribution in [2.45, 2.75) is 231 Å². The molecule has 0 aliphatic heterocycles. The van der Waals surface area contributed by atoms with Crippen LogP contribution in [0.15, 0.2) is 267 Å². The van der Waals surface area contributed by atoms with Crippen molar-refractivity contribution in [2.75, 3.05) is 9.80 Å². The van der Waals surface area contributed by atoms with Crippen molar-refractivity contribution < 1.29 is 0 Å². The average Bonchev–Trinajstić information content (AvgIpc) is 0.929. The summed E-state index contributed by atoms with van der Waals surface area (Å²) in [7, 11) is 0. The summed E-state index contributed by atoms with van der Waals surface area (Å²) in [5.41, 5.74) is 31.0. The van der Waals surface area contributed by atoms with Gasteiger partial charge in [-0.1, -0.05) is 303 Å². The Kier molecular flexibility index (Phi) is 19.0. The molecule has 0 radical (unpaired) electrons. The Morgan fingerprint density at radius 3 is 0.689 bits per heavy atom. The van der Waals surface area contributed by atoms with E-state index in [-0.39, 0.29) is 21.7 Å². The summed E-state index contributed by atoms with van der Waals surface area (Å²) in [6.45, 7) is 29.3. The molecule has 8 aliphatic carbocycles. The number of hydrogen-bond donors (Lipinski definition) is 0. The average molecular weight is 1590 g/mol. The minimum absolute atomic E-state index is 0.149. The first-order valence-corrected chi connectivity index (χ1v) is 47.4. The third kappa shape index (κ3) is 13.9. The first kappa shape index (κ1) is 77.8. The largest absolute Gasteiger partial charge is 0.309 e. The quantitative estimate of drug-likeness (QED) is 0.0944. The SMILES string of the molecule is CC(C)(C)c1cc(N(c2cc(C3CC4CCC3C4)cc(C3CC4CCC3C4)c2)c2c3ccc(-c4ccccc4)cc3c(-c3c4cc(-c5ccccc5)ccc4c(N(c4cc(C5CC6CCC5C6)cc(C5CC6CCC5C6)c4)c4cc(C(C)(C)C)cc(C(C)(C)C)c4)c4cc(-c5ccccc5)ccc34)c3ccc(-c4ccccc4)cc23)cc(C(C)(C)C)c1. The van der Waals surface area contributed by atoms with Crippen LogP contribution in [0.25, 0.3) is 98.7 Å². The number of hydrogen-bond acceptors (Lipinski definition) is 2. The zero-order valence-corrected chi connectivity index (χ0v) is 74.5. The fourth-order valence-electron chi connectivity index (χ4n) is 25.7. The number of benzene rings is 14. The van der Waals surface area contributed by atoms with Gasteiger partial charge in [0.2, 0.25) is 0 Å². The Labute approximate surface area is 727 Å². The van der Waals surface area contributed by atoms with E-state index >= 15 is 0 Å². The van der Waals surface area contributed by atoms with Gasteiger partial charge in [-0.25, -0.2) is 0 Å². The van der Waals surface area contributed by atoms with Crippen LogP contribution in [-0.2, 0) is 21.7 Å². The number of anilines is 6. The Balaban J connectivity index is 0.917. The lowest BCUT2D eigenvalue weighted by Crippen LogP contribution is -2.20. The molecule has 14 aromatic rings. The molecule has 22 rings (SSSR count). The van der Waals surface area contributed by atoms with Crippen LogP contribution in [0.3, 0.4) is 0 Å². The molecule has 2 nitrogen and oxygen atoms in total. The molecule has 614 valence electrons. The molecule has 0 amide bonds. The second-order valence-electron chi connectivity index (χ2n) is 44.0. The van der Waals surface area contributed by atoms with Crippen molar-refractivity contribution in [3.8, 4) is 55.6 Å². The Morgan fingerprint density at radius 1 is 0.205 bits per heavy atom. The lowest BCUT2D eigenvalue weighted by Gasteiger charge is -2.36. The van der Waals surface area contributed by atoms with Crippen molar-refractivity contribution in [3.63, 3.8) is 0 Å². The van der Waals surface area contributed by atoms with Crippen LogP contribution in [0.1, 0.15) is 254 Å². The smallest absolute Gasteiger partial charge is 0.0619 e. The molecule has 8 saturated carbocycles. The molecule has 0 aromatic heterocycles. The Hall–Kier alpha value is -10.3. The summed E-state index contributed by atoms with van der Waals surface area (Å²) in [6.07, 6.45) is 21.6. The molecule has 8 aliphatic rings. The van der Waals surface area contributed by atoms with E-state index in [0.717, 1.165) is 47.3 Å². The van der Waals surface area contributed by atoms with Gasteiger partial charge in [-0.3, -0.25) is 0 Å². The maximum atomic E-state index is 2.87. The molecule has 12 unspecified atom stereocenters. The molecular weight excluding hydrogens is 1470 g/mol. The fourth-order valence-corrected chi connectivity index (χ4v) is 25.7. The highest BCUT2D eigenvalue weighted by molar-refractivity contribution is 6.32. The topological polar surface area (TPSA) is 6.48 Å². The Morgan fingerprint density at radius 2 is 0.451 bits per heavy atom. The van der Waals surface area contributed by atoms with Gasteiger partial charge in [-0.15, -0.1) is 0 Å². The van der Waals surface area contributed by atoms with Gasteiger partial charge < -0.3 is 9.80 Å². The van der Waals surface area contributed by atoms with Gasteiger partial charge >= 0.3 is 0 Å². The predicted molar refractivity (Wildman–Crippen MR) is 521 cm³/mol. The van der Waals surface area contributed by atoms with E-state index in [0.29, 0.717) is 23.7 Å². The molecule has 0 heterocycles. The lowest BCUT2D eigenvalue weighted by molar-refractivity contribution is 0.412. The molecule has 122 heavy (non-hydrogen) atoms. The highest BCUT2D eigenvalue weighted by atomic mass is 15.2. The Bertz CT molecular complexity index is 5860. The minimum Gasteiger partial charge on any atom is -0.309 e. The van der Waals surface area contributed by atoms with Gasteiger partial charge in [0, 0.05) is 44.3 Å². The summed E-state index contributed by atoms with van der Waals surface area (Å²) in [4.78, 5) is 5.74. The van der Waals surface area contributed by atoms with E-state index in [4.69, 9.17) is 0 Å². The molecule has 2 heteroatoms. The minimum atomic E-state index is -0.149. The number of rotatable bonds is 15. The summed E-state index contributed by atoms with van der Waals surface area (Å²) in [5.74, 6) is 8.37. The van der Waals surface area contributed by atoms with Gasteiger partial charge in [0.15, 0.2) is 0 Å². The van der Waals surface area contributed by atoms with E-state index in [1.807, 2.05) is 0 Å². The maximum Gasteiger partial charge on any atom is 0.0619 e. The number of fused-ring (bicyclic) bond motifs is 12. The first-order chi connectivity index (χ1) is 58.9. The van der Waals surface area contributed by atoms with Gasteiger partial charge in [-0.2, -0.15) is 0 Å². The van der Waals surface area contributed by atoms with E-state index < -0.39 is 0 Å². The highest BCUT2D eigenvalue weighted by Crippen LogP contribution is 2.63. The molecule has 14 aromatic carbocycles. The summed E-state index contributed by atoms with van der Waals surface area (Å²) < 4.78 is 0. The third-order valence-electron chi connectivity index (χ3n) is 32.2. The van der Waals surface area contributed by atoms with E-state index in [1.165, 1.54) is 258 Å². The van der Waals surface area contributed by atoms with Gasteiger partial charge in [0.25, 0.3) is 0 Å². The second kappa shape index (κ2) is 29.7. The predicted octanol–water partition coefficient (Wildman–Crippen LogP) is 34.4. The zero-order valence-electron chi connectivity index (χ0n) is 74.5. The molecule has 8 bridgehead atoms. The van der Waals surface area contributed by atoms with Crippen molar-refractivity contribution in [1.82, 2.24) is 0 Å². The summed E-state index contributed by atoms with van der Waals surface area (Å²) in [5, 5.41) is 9.97. The van der Waals surface area contributed by atoms with Crippen LogP contribution in [0.2, 0.25) is 0 Å². The van der Waals surface area contributed by atoms with Gasteiger partial charge in [-0.05, 0) is 364 Å². The van der Waals surface area contributed by atoms with Gasteiger partial charge in [0.05, 0.1) is 11.4 Å². The molecule has 0 saturated heterocycles. The lowest BCUT2D eigenvalue weighted by atomic mass is 9.78. The van der Waals surface area contributed by atoms with Crippen LogP contribution >= 0.6 is 0 Å². The van der Waals surface area contributed by atoms with E-state index in [1.54, 1.807) is 22.3 Å². The molecule has 0 N–H and O–H groups in total. The van der Waals surface area contributed by atoms with Crippen LogP contribution in [0.5, 0.6) is 0 Å². The summed E-state index contributed by atoms with van der Waals surface area (Å²) >= 11 is 0. The molecular formula is C120H124N2. The van der Waals surface area contributed by atoms with Crippen LogP contribution in [-0.4, -0.2) is 0 Å². The molecule has 8 fully saturated rings. The van der Waals surface area contributed by atoms with Crippen molar-refractivity contribution in [3.05, 3.63) is 311 Å². The normalized spacial score (nSPS) is 23.5. The fraction of sp³-hybridized carbons (Fsp3) is 0.367. The first-order valence-electron chi connectivity index (χ1n) is 47.4. The third-order valence-corrected chi connectivity index (χ3v) is 32.2. The highest BCUT2D eigenvalue weighted by Gasteiger charge is 2.47. The van der Waals surface area contributed by atoms with Crippen LogP contribution < -0.4 is 9.80 Å². The summed E-state index contributed by atoms with van der Waals surface area (Å²) in [6, 6.07) is 108. The van der Waals surface area contributed by atoms with Crippen LogP contribution in [0, 0.1) is 47.3 Å². The van der Waals surface area contributed by atoms with Crippen molar-refractivity contribution in [2.24, 2.45) is 47.3 Å².